The van der Waals surface area contributed by atoms with Crippen LogP contribution in [0.15, 0.2) is 23.1 Å². The highest BCUT2D eigenvalue weighted by Gasteiger charge is 2.48. The van der Waals surface area contributed by atoms with Gasteiger partial charge in [-0.25, -0.2) is 9.50 Å². The lowest BCUT2D eigenvalue weighted by Gasteiger charge is -2.46. The summed E-state index contributed by atoms with van der Waals surface area (Å²) in [4.78, 5) is 4.32. The third-order valence-electron chi connectivity index (χ3n) is 4.59. The van der Waals surface area contributed by atoms with Gasteiger partial charge in [-0.15, -0.1) is 0 Å². The van der Waals surface area contributed by atoms with E-state index in [0.717, 1.165) is 28.9 Å². The Morgan fingerprint density at radius 1 is 1.41 bits per heavy atom. The van der Waals surface area contributed by atoms with Crippen LogP contribution in [-0.2, 0) is 12.5 Å². The highest BCUT2D eigenvalue weighted by molar-refractivity contribution is 9.10. The minimum Gasteiger partial charge on any atom is -0.307 e. The second kappa shape index (κ2) is 4.73. The Hall–Kier alpha value is -1.54. The summed E-state index contributed by atoms with van der Waals surface area (Å²) < 4.78 is 5.30. The van der Waals surface area contributed by atoms with Crippen molar-refractivity contribution in [3.8, 4) is 0 Å². The lowest BCUT2D eigenvalue weighted by atomic mass is 9.58. The Balaban J connectivity index is 1.95. The fourth-order valence-electron chi connectivity index (χ4n) is 3.61. The lowest BCUT2D eigenvalue weighted by molar-refractivity contribution is 0.185. The number of aromatic amines is 1. The van der Waals surface area contributed by atoms with E-state index in [0.29, 0.717) is 10.7 Å². The molecule has 1 aliphatic carbocycles. The molecular weight excluding hydrogens is 364 g/mol. The van der Waals surface area contributed by atoms with E-state index in [1.807, 2.05) is 11.6 Å². The van der Waals surface area contributed by atoms with E-state index in [1.54, 1.807) is 10.8 Å². The molecule has 1 fully saturated rings. The van der Waals surface area contributed by atoms with E-state index in [9.17, 15) is 0 Å². The van der Waals surface area contributed by atoms with Gasteiger partial charge in [0.05, 0.1) is 5.41 Å². The number of fused-ring (bicyclic) bond motifs is 1. The first-order valence-corrected chi connectivity index (χ1v) is 8.33. The lowest BCUT2D eigenvalue weighted by Crippen LogP contribution is -2.43. The molecule has 3 heterocycles. The number of pyridine rings is 1. The molecule has 3 aromatic heterocycles. The minimum atomic E-state index is -0.113. The average molecular weight is 379 g/mol. The number of halogens is 1. The first kappa shape index (κ1) is 14.1. The zero-order valence-electron chi connectivity index (χ0n) is 12.2. The normalized spacial score (nSPS) is 24.6. The zero-order valence-corrected chi connectivity index (χ0v) is 14.6. The second-order valence-corrected chi connectivity index (χ2v) is 7.30. The van der Waals surface area contributed by atoms with Crippen LogP contribution in [0.2, 0.25) is 0 Å². The van der Waals surface area contributed by atoms with Crippen LogP contribution < -0.4 is 0 Å². The van der Waals surface area contributed by atoms with Gasteiger partial charge in [0.25, 0.3) is 0 Å². The third-order valence-corrected chi connectivity index (χ3v) is 5.52. The van der Waals surface area contributed by atoms with E-state index in [1.165, 1.54) is 5.56 Å². The summed E-state index contributed by atoms with van der Waals surface area (Å²) in [7, 11) is 1.97. The fraction of sp³-hybridized carbons (Fsp3) is 0.429. The largest absolute Gasteiger partial charge is 0.307 e. The van der Waals surface area contributed by atoms with Gasteiger partial charge in [0.15, 0.2) is 10.4 Å². The van der Waals surface area contributed by atoms with Crippen LogP contribution in [0.5, 0.6) is 0 Å². The summed E-state index contributed by atoms with van der Waals surface area (Å²) in [5, 5.41) is 11.6. The van der Waals surface area contributed by atoms with Crippen molar-refractivity contribution in [1.29, 1.82) is 0 Å². The molecule has 8 heteroatoms. The van der Waals surface area contributed by atoms with Crippen molar-refractivity contribution in [3.05, 3.63) is 39.2 Å². The van der Waals surface area contributed by atoms with Crippen LogP contribution in [0.1, 0.15) is 31.2 Å². The molecule has 0 atom stereocenters. The van der Waals surface area contributed by atoms with E-state index in [-0.39, 0.29) is 5.41 Å². The highest BCUT2D eigenvalue weighted by Crippen LogP contribution is 2.51. The third kappa shape index (κ3) is 1.83. The molecule has 0 amide bonds. The minimum absolute atomic E-state index is 0.113. The molecule has 1 saturated carbocycles. The van der Waals surface area contributed by atoms with Gasteiger partial charge in [0, 0.05) is 7.05 Å². The molecule has 114 valence electrons. The Labute approximate surface area is 140 Å². The van der Waals surface area contributed by atoms with Crippen LogP contribution in [0.3, 0.4) is 0 Å². The van der Waals surface area contributed by atoms with Crippen molar-refractivity contribution >= 4 is 33.8 Å². The van der Waals surface area contributed by atoms with Gasteiger partial charge < -0.3 is 4.57 Å². The average Bonchev–Trinajstić information content (AvgIpc) is 3.04. The number of aromatic nitrogens is 6. The monoisotopic (exact) mass is 378 g/mol. The van der Waals surface area contributed by atoms with Gasteiger partial charge in [0.1, 0.15) is 16.8 Å². The predicted octanol–water partition coefficient (Wildman–Crippen LogP) is 3.00. The number of H-pyrrole nitrogens is 1. The van der Waals surface area contributed by atoms with Crippen LogP contribution >= 0.6 is 28.1 Å². The van der Waals surface area contributed by atoms with Crippen molar-refractivity contribution in [3.63, 3.8) is 0 Å². The van der Waals surface area contributed by atoms with Gasteiger partial charge in [-0.3, -0.25) is 5.10 Å². The van der Waals surface area contributed by atoms with E-state index in [4.69, 9.17) is 12.2 Å². The van der Waals surface area contributed by atoms with Gasteiger partial charge in [-0.2, -0.15) is 10.2 Å². The predicted molar refractivity (Wildman–Crippen MR) is 88.3 cm³/mol. The van der Waals surface area contributed by atoms with Gasteiger partial charge in [-0.05, 0) is 64.6 Å². The Kier molecular flexibility index (Phi) is 3.02. The van der Waals surface area contributed by atoms with Crippen LogP contribution in [0, 0.1) is 10.7 Å². The summed E-state index contributed by atoms with van der Waals surface area (Å²) in [5.74, 6) is 1.66. The van der Waals surface area contributed by atoms with E-state index in [2.05, 4.69) is 55.3 Å². The van der Waals surface area contributed by atoms with E-state index < -0.39 is 0 Å². The van der Waals surface area contributed by atoms with Crippen molar-refractivity contribution < 1.29 is 0 Å². The van der Waals surface area contributed by atoms with Crippen molar-refractivity contribution in [1.82, 2.24) is 29.4 Å². The quantitative estimate of drug-likeness (QED) is 0.549. The molecule has 1 N–H and O–H groups in total. The Morgan fingerprint density at radius 3 is 2.82 bits per heavy atom. The van der Waals surface area contributed by atoms with Crippen molar-refractivity contribution in [2.75, 3.05) is 0 Å². The molecular formula is C14H15BrN6S. The summed E-state index contributed by atoms with van der Waals surface area (Å²) in [6.07, 6.45) is 3.67. The van der Waals surface area contributed by atoms with Crippen LogP contribution in [0.4, 0.5) is 0 Å². The molecule has 0 radical (unpaired) electrons. The number of hydrogen-bond acceptors (Lipinski definition) is 4. The molecule has 4 rings (SSSR count). The SMILES string of the molecule is CC1CC(c2cc(Br)n3ncnc3c2)(c2n[nH]c(=S)n2C)C1. The van der Waals surface area contributed by atoms with Crippen LogP contribution in [-0.4, -0.2) is 29.4 Å². The van der Waals surface area contributed by atoms with Gasteiger partial charge in [-0.1, -0.05) is 6.92 Å². The molecule has 6 nitrogen and oxygen atoms in total. The topological polar surface area (TPSA) is 63.8 Å². The zero-order chi connectivity index (χ0) is 15.5. The van der Waals surface area contributed by atoms with Crippen LogP contribution in [0.25, 0.3) is 5.65 Å². The summed E-state index contributed by atoms with van der Waals surface area (Å²) in [6, 6.07) is 4.21. The molecule has 0 saturated heterocycles. The van der Waals surface area contributed by atoms with Gasteiger partial charge in [0.2, 0.25) is 0 Å². The molecule has 0 aromatic carbocycles. The molecule has 3 aromatic rings. The highest BCUT2D eigenvalue weighted by atomic mass is 79.9. The molecule has 0 unspecified atom stereocenters. The second-order valence-electron chi connectivity index (χ2n) is 6.10. The number of hydrogen-bond donors (Lipinski definition) is 1. The Bertz CT molecular complexity index is 917. The molecule has 22 heavy (non-hydrogen) atoms. The fourth-order valence-corrected chi connectivity index (χ4v) is 4.26. The standard InChI is InChI=1S/C14H15BrN6S/c1-8-5-14(6-8,12-18-19-13(22)20(12)2)9-3-10(15)21-11(4-9)16-7-17-21/h3-4,7-8H,5-6H2,1-2H3,(H,19,22). The number of nitrogens with zero attached hydrogens (tertiary/aromatic N) is 5. The molecule has 0 spiro atoms. The molecule has 0 aliphatic heterocycles. The first-order chi connectivity index (χ1) is 10.5. The van der Waals surface area contributed by atoms with Crippen molar-refractivity contribution in [2.24, 2.45) is 13.0 Å². The maximum atomic E-state index is 5.29. The van der Waals surface area contributed by atoms with Gasteiger partial charge >= 0.3 is 0 Å². The Morgan fingerprint density at radius 2 is 2.18 bits per heavy atom. The number of nitrogens with one attached hydrogen (secondary N) is 1. The van der Waals surface area contributed by atoms with Crippen molar-refractivity contribution in [2.45, 2.75) is 25.2 Å². The maximum absolute atomic E-state index is 5.29. The molecule has 0 bridgehead atoms. The first-order valence-electron chi connectivity index (χ1n) is 7.13. The number of rotatable bonds is 2. The summed E-state index contributed by atoms with van der Waals surface area (Å²) in [6.45, 7) is 2.27. The molecule has 1 aliphatic rings. The maximum Gasteiger partial charge on any atom is 0.194 e. The summed E-state index contributed by atoms with van der Waals surface area (Å²) >= 11 is 8.88. The summed E-state index contributed by atoms with van der Waals surface area (Å²) in [5.41, 5.74) is 1.92. The van der Waals surface area contributed by atoms with E-state index >= 15 is 0 Å². The smallest absolute Gasteiger partial charge is 0.194 e.